The van der Waals surface area contributed by atoms with Crippen molar-refractivity contribution in [2.75, 3.05) is 13.2 Å². The molecule has 4 aliphatic rings. The first-order valence-corrected chi connectivity index (χ1v) is 13.2. The van der Waals surface area contributed by atoms with Gasteiger partial charge in [-0.3, -0.25) is 5.41 Å². The van der Waals surface area contributed by atoms with Gasteiger partial charge in [-0.1, -0.05) is 19.0 Å². The minimum absolute atomic E-state index is 0.00517. The van der Waals surface area contributed by atoms with Crippen molar-refractivity contribution in [2.24, 2.45) is 51.3 Å². The van der Waals surface area contributed by atoms with Crippen LogP contribution in [0.5, 0.6) is 0 Å². The summed E-state index contributed by atoms with van der Waals surface area (Å²) in [6, 6.07) is 0. The minimum Gasteiger partial charge on any atom is -0.396 e. The smallest absolute Gasteiger partial charge is 0.185 e. The zero-order valence-corrected chi connectivity index (χ0v) is 20.3. The van der Waals surface area contributed by atoms with Gasteiger partial charge in [0.05, 0.1) is 6.10 Å². The van der Waals surface area contributed by atoms with E-state index < -0.39 is 0 Å². The molecule has 6 nitrogen and oxygen atoms in total. The van der Waals surface area contributed by atoms with Crippen LogP contribution < -0.4 is 11.1 Å². The molecule has 0 aromatic carbocycles. The van der Waals surface area contributed by atoms with Crippen LogP contribution in [0.25, 0.3) is 0 Å². The third-order valence-corrected chi connectivity index (χ3v) is 10.4. The lowest BCUT2D eigenvalue weighted by Gasteiger charge is -2.61. The molecule has 0 amide bonds. The average molecular weight is 447 g/mol. The molecule has 32 heavy (non-hydrogen) atoms. The summed E-state index contributed by atoms with van der Waals surface area (Å²) in [7, 11) is 0. The van der Waals surface area contributed by atoms with E-state index in [-0.39, 0.29) is 12.1 Å². The number of nitrogens with two attached hydrogens (primary N) is 1. The van der Waals surface area contributed by atoms with Crippen molar-refractivity contribution in [3.63, 3.8) is 0 Å². The Morgan fingerprint density at radius 3 is 2.72 bits per heavy atom. The fourth-order valence-electron chi connectivity index (χ4n) is 8.61. The number of nitrogens with zero attached hydrogens (tertiary/aromatic N) is 1. The first-order valence-electron chi connectivity index (χ1n) is 13.2. The molecule has 0 bridgehead atoms. The lowest BCUT2D eigenvalue weighted by Crippen LogP contribution is -2.53. The fraction of sp³-hybridized carbons (Fsp3) is 0.923. The first-order chi connectivity index (χ1) is 15.3. The summed E-state index contributed by atoms with van der Waals surface area (Å²) in [6.45, 7) is 6.40. The molecule has 4 rings (SSSR count). The Balaban J connectivity index is 1.26. The second-order valence-corrected chi connectivity index (χ2v) is 11.8. The molecule has 0 aromatic heterocycles. The van der Waals surface area contributed by atoms with E-state index in [1.165, 1.54) is 51.4 Å². The van der Waals surface area contributed by atoms with Crippen molar-refractivity contribution >= 4 is 12.2 Å². The second-order valence-electron chi connectivity index (χ2n) is 11.8. The summed E-state index contributed by atoms with van der Waals surface area (Å²) >= 11 is 0. The van der Waals surface area contributed by atoms with Crippen LogP contribution in [0.15, 0.2) is 5.16 Å². The van der Waals surface area contributed by atoms with E-state index in [2.05, 4.69) is 24.3 Å². The van der Waals surface area contributed by atoms with Crippen molar-refractivity contribution in [3.05, 3.63) is 0 Å². The Hall–Kier alpha value is -1.30. The van der Waals surface area contributed by atoms with Crippen LogP contribution >= 0.6 is 0 Å². The van der Waals surface area contributed by atoms with E-state index in [0.717, 1.165) is 55.3 Å². The maximum absolute atomic E-state index is 10.2. The molecule has 0 heterocycles. The van der Waals surface area contributed by atoms with Crippen molar-refractivity contribution in [1.82, 2.24) is 5.32 Å². The maximum Gasteiger partial charge on any atom is 0.185 e. The number of oxime groups is 1. The van der Waals surface area contributed by atoms with Crippen LogP contribution in [-0.4, -0.2) is 36.5 Å². The lowest BCUT2D eigenvalue weighted by atomic mass is 9.44. The van der Waals surface area contributed by atoms with Gasteiger partial charge in [-0.2, -0.15) is 0 Å². The Labute approximate surface area is 194 Å². The largest absolute Gasteiger partial charge is 0.396 e. The normalized spacial score (nSPS) is 43.3. The minimum atomic E-state index is -0.0443. The Morgan fingerprint density at radius 1 is 1.12 bits per heavy atom. The Kier molecular flexibility index (Phi) is 7.38. The zero-order chi connectivity index (χ0) is 22.8. The highest BCUT2D eigenvalue weighted by molar-refractivity contribution is 5.74. The van der Waals surface area contributed by atoms with E-state index in [9.17, 15) is 5.11 Å². The van der Waals surface area contributed by atoms with Crippen LogP contribution in [0.2, 0.25) is 0 Å². The molecule has 0 radical (unpaired) electrons. The van der Waals surface area contributed by atoms with E-state index in [1.807, 2.05) is 6.21 Å². The molecule has 6 heteroatoms. The summed E-state index contributed by atoms with van der Waals surface area (Å²) in [5.41, 5.74) is 6.24. The Morgan fingerprint density at radius 2 is 1.91 bits per heavy atom. The van der Waals surface area contributed by atoms with E-state index in [0.29, 0.717) is 24.0 Å². The molecule has 4 saturated carbocycles. The van der Waals surface area contributed by atoms with Gasteiger partial charge in [-0.25, -0.2) is 0 Å². The summed E-state index contributed by atoms with van der Waals surface area (Å²) in [5.74, 6) is 4.28. The zero-order valence-electron chi connectivity index (χ0n) is 20.3. The van der Waals surface area contributed by atoms with Gasteiger partial charge in [0.25, 0.3) is 0 Å². The van der Waals surface area contributed by atoms with Crippen molar-refractivity contribution in [3.8, 4) is 0 Å². The van der Waals surface area contributed by atoms with Gasteiger partial charge in [-0.15, -0.1) is 0 Å². The van der Waals surface area contributed by atoms with Gasteiger partial charge < -0.3 is 21.0 Å². The number of hydrogen-bond donors (Lipinski definition) is 4. The van der Waals surface area contributed by atoms with Crippen LogP contribution in [0.1, 0.15) is 90.9 Å². The predicted molar refractivity (Wildman–Crippen MR) is 129 cm³/mol. The second kappa shape index (κ2) is 9.90. The monoisotopic (exact) mass is 446 g/mol. The van der Waals surface area contributed by atoms with Crippen molar-refractivity contribution in [1.29, 1.82) is 5.41 Å². The summed E-state index contributed by atoms with van der Waals surface area (Å²) in [5, 5.41) is 24.3. The average Bonchev–Trinajstić information content (AvgIpc) is 3.09. The van der Waals surface area contributed by atoms with Crippen molar-refractivity contribution < 1.29 is 9.94 Å². The quantitative estimate of drug-likeness (QED) is 0.188. The predicted octanol–water partition coefficient (Wildman–Crippen LogP) is 4.66. The highest BCUT2D eigenvalue weighted by Gasteiger charge is 2.59. The van der Waals surface area contributed by atoms with Gasteiger partial charge in [-0.05, 0) is 111 Å². The number of fused-ring (bicyclic) bond motifs is 5. The van der Waals surface area contributed by atoms with Gasteiger partial charge in [0.15, 0.2) is 5.96 Å². The number of rotatable bonds is 8. The molecular weight excluding hydrogens is 400 g/mol. The number of aliphatic hydroxyl groups is 1. The SMILES string of the molecule is C[C@]12CCC(O)CC1CC[C@@H]1[C@H]2CC[C@]2(C)C(CCC=NOCCCNC(=N)N)CC[C@@H]12. The molecule has 8 atom stereocenters. The summed E-state index contributed by atoms with van der Waals surface area (Å²) < 4.78 is 0. The lowest BCUT2D eigenvalue weighted by molar-refractivity contribution is -0.126. The molecular formula is C26H46N4O2. The third-order valence-electron chi connectivity index (χ3n) is 10.4. The standard InChI is InChI=1S/C26H46N4O2/c1-25-13-11-23-21(8-6-19-17-20(31)10-12-26(19,23)2)22(25)9-7-18(25)5-3-15-30-32-16-4-14-29-24(27)28/h15,18-23,31H,3-14,16-17H2,1-2H3,(H4,27,28,29)/t18?,19?,20?,21-,22-,23+,25+,26-/m0/s1. The maximum atomic E-state index is 10.2. The van der Waals surface area contributed by atoms with E-state index in [1.54, 1.807) is 0 Å². The molecule has 0 spiro atoms. The van der Waals surface area contributed by atoms with Crippen molar-refractivity contribution in [2.45, 2.75) is 97.0 Å². The molecule has 0 saturated heterocycles. The Bertz CT molecular complexity index is 685. The van der Waals surface area contributed by atoms with E-state index in [4.69, 9.17) is 16.0 Å². The molecule has 0 aromatic rings. The first kappa shape index (κ1) is 23.8. The van der Waals surface area contributed by atoms with Crippen LogP contribution in [0.3, 0.4) is 0 Å². The topological polar surface area (TPSA) is 104 Å². The number of hydrogen-bond acceptors (Lipinski definition) is 4. The molecule has 0 aliphatic heterocycles. The molecule has 4 aliphatic carbocycles. The number of nitrogens with one attached hydrogen (secondary N) is 2. The van der Waals surface area contributed by atoms with Crippen LogP contribution in [-0.2, 0) is 4.84 Å². The van der Waals surface area contributed by atoms with Gasteiger partial charge >= 0.3 is 0 Å². The molecule has 4 fully saturated rings. The fourth-order valence-corrected chi connectivity index (χ4v) is 8.61. The van der Waals surface area contributed by atoms with Crippen LogP contribution in [0.4, 0.5) is 0 Å². The highest BCUT2D eigenvalue weighted by Crippen LogP contribution is 2.67. The molecule has 5 N–H and O–H groups in total. The van der Waals surface area contributed by atoms with Gasteiger partial charge in [0.2, 0.25) is 0 Å². The molecule has 3 unspecified atom stereocenters. The highest BCUT2D eigenvalue weighted by atomic mass is 16.6. The van der Waals surface area contributed by atoms with E-state index >= 15 is 0 Å². The van der Waals surface area contributed by atoms with Crippen LogP contribution in [0, 0.1) is 45.8 Å². The van der Waals surface area contributed by atoms with Gasteiger partial charge in [0, 0.05) is 19.2 Å². The summed E-state index contributed by atoms with van der Waals surface area (Å²) in [4.78, 5) is 5.35. The third kappa shape index (κ3) is 4.67. The van der Waals surface area contributed by atoms with Gasteiger partial charge in [0.1, 0.15) is 6.61 Å². The number of aliphatic hydroxyl groups excluding tert-OH is 1. The number of guanidine groups is 1. The molecule has 182 valence electrons. The summed E-state index contributed by atoms with van der Waals surface area (Å²) in [6.07, 6.45) is 16.6.